The maximum Gasteiger partial charge on any atom is 0.309 e. The van der Waals surface area contributed by atoms with E-state index in [1.807, 2.05) is 6.08 Å². The number of ether oxygens (including phenoxy) is 3. The minimum Gasteiger partial charge on any atom is -0.462 e. The van der Waals surface area contributed by atoms with Crippen molar-refractivity contribution >= 4 is 17.9 Å². The van der Waals surface area contributed by atoms with E-state index in [1.54, 1.807) is 6.08 Å². The van der Waals surface area contributed by atoms with Crippen LogP contribution >= 0.6 is 0 Å². The predicted octanol–water partition coefficient (Wildman–Crippen LogP) is 14.2. The summed E-state index contributed by atoms with van der Waals surface area (Å²) in [6, 6.07) is 0. The Morgan fingerprint density at radius 2 is 0.857 bits per heavy atom. The minimum atomic E-state index is -0.825. The highest BCUT2D eigenvalue weighted by Crippen LogP contribution is 2.12. The molecule has 1 unspecified atom stereocenters. The maximum atomic E-state index is 12.7. The van der Waals surface area contributed by atoms with Crippen molar-refractivity contribution in [2.24, 2.45) is 0 Å². The van der Waals surface area contributed by atoms with Gasteiger partial charge in [-0.2, -0.15) is 0 Å². The first-order valence-corrected chi connectivity index (χ1v) is 22.3. The summed E-state index contributed by atoms with van der Waals surface area (Å²) in [5, 5.41) is 0. The highest BCUT2D eigenvalue weighted by molar-refractivity contribution is 5.72. The molecule has 0 saturated heterocycles. The second-order valence-corrected chi connectivity index (χ2v) is 14.3. The fourth-order valence-electron chi connectivity index (χ4n) is 5.55. The molecule has 6 nitrogen and oxygen atoms in total. The minimum absolute atomic E-state index is 0.122. The number of rotatable bonds is 38. The molecule has 0 aliphatic rings. The van der Waals surface area contributed by atoms with Gasteiger partial charge in [-0.3, -0.25) is 14.4 Å². The third-order valence-corrected chi connectivity index (χ3v) is 8.92. The van der Waals surface area contributed by atoms with Gasteiger partial charge in [-0.25, -0.2) is 0 Å². The van der Waals surface area contributed by atoms with Gasteiger partial charge in [0.05, 0.1) is 6.42 Å². The molecule has 0 N–H and O–H groups in total. The molecule has 0 aliphatic heterocycles. The molecular formula is C50H80O6. The smallest absolute Gasteiger partial charge is 0.309 e. The normalized spacial score (nSPS) is 13.0. The van der Waals surface area contributed by atoms with Crippen molar-refractivity contribution in [3.8, 4) is 0 Å². The van der Waals surface area contributed by atoms with Crippen molar-refractivity contribution in [3.05, 3.63) is 97.2 Å². The van der Waals surface area contributed by atoms with Crippen LogP contribution in [0, 0.1) is 0 Å². The van der Waals surface area contributed by atoms with Crippen molar-refractivity contribution in [3.63, 3.8) is 0 Å². The van der Waals surface area contributed by atoms with E-state index in [1.165, 1.54) is 44.9 Å². The second kappa shape index (κ2) is 44.0. The van der Waals surface area contributed by atoms with E-state index in [4.69, 9.17) is 14.2 Å². The summed E-state index contributed by atoms with van der Waals surface area (Å²) in [7, 11) is 0. The fraction of sp³-hybridized carbons (Fsp3) is 0.620. The van der Waals surface area contributed by atoms with Gasteiger partial charge in [0, 0.05) is 12.8 Å². The van der Waals surface area contributed by atoms with Crippen molar-refractivity contribution in [1.82, 2.24) is 0 Å². The van der Waals surface area contributed by atoms with Crippen molar-refractivity contribution < 1.29 is 28.6 Å². The molecule has 0 rings (SSSR count). The van der Waals surface area contributed by atoms with Gasteiger partial charge >= 0.3 is 17.9 Å². The molecule has 0 aromatic carbocycles. The first kappa shape index (κ1) is 52.3. The lowest BCUT2D eigenvalue weighted by Crippen LogP contribution is -2.30. The second-order valence-electron chi connectivity index (χ2n) is 14.3. The summed E-state index contributed by atoms with van der Waals surface area (Å²) in [6.07, 6.45) is 57.1. The van der Waals surface area contributed by atoms with Gasteiger partial charge in [-0.05, 0) is 77.0 Å². The number of unbranched alkanes of at least 4 members (excludes halogenated alkanes) is 15. The van der Waals surface area contributed by atoms with Crippen molar-refractivity contribution in [2.75, 3.05) is 13.2 Å². The van der Waals surface area contributed by atoms with Crippen LogP contribution in [0.15, 0.2) is 97.2 Å². The monoisotopic (exact) mass is 777 g/mol. The summed E-state index contributed by atoms with van der Waals surface area (Å²) in [5.74, 6) is -1.09. The third kappa shape index (κ3) is 41.5. The highest BCUT2D eigenvalue weighted by atomic mass is 16.6. The first-order valence-electron chi connectivity index (χ1n) is 22.3. The fourth-order valence-corrected chi connectivity index (χ4v) is 5.55. The molecule has 0 spiro atoms. The molecule has 0 heterocycles. The Balaban J connectivity index is 4.47. The summed E-state index contributed by atoms with van der Waals surface area (Å²) >= 11 is 0. The summed E-state index contributed by atoms with van der Waals surface area (Å²) < 4.78 is 16.5. The Morgan fingerprint density at radius 3 is 1.45 bits per heavy atom. The topological polar surface area (TPSA) is 78.9 Å². The summed E-state index contributed by atoms with van der Waals surface area (Å²) in [5.41, 5.74) is 0. The van der Waals surface area contributed by atoms with Crippen LogP contribution < -0.4 is 0 Å². The number of hydrogen-bond acceptors (Lipinski definition) is 6. The van der Waals surface area contributed by atoms with Gasteiger partial charge < -0.3 is 14.2 Å². The lowest BCUT2D eigenvalue weighted by molar-refractivity contribution is -0.166. The molecule has 0 saturated carbocycles. The van der Waals surface area contributed by atoms with Gasteiger partial charge in [0.1, 0.15) is 13.2 Å². The van der Waals surface area contributed by atoms with E-state index < -0.39 is 12.1 Å². The van der Waals surface area contributed by atoms with Crippen LogP contribution in [0.1, 0.15) is 181 Å². The molecule has 56 heavy (non-hydrogen) atoms. The van der Waals surface area contributed by atoms with Crippen LogP contribution in [0.2, 0.25) is 0 Å². The average molecular weight is 777 g/mol. The molecule has 0 bridgehead atoms. The van der Waals surface area contributed by atoms with Crippen LogP contribution in [0.3, 0.4) is 0 Å². The predicted molar refractivity (Wildman–Crippen MR) is 237 cm³/mol. The largest absolute Gasteiger partial charge is 0.462 e. The summed E-state index contributed by atoms with van der Waals surface area (Å²) in [6.45, 7) is 6.28. The van der Waals surface area contributed by atoms with Crippen molar-refractivity contribution in [1.29, 1.82) is 0 Å². The van der Waals surface area contributed by atoms with Crippen LogP contribution in [0.25, 0.3) is 0 Å². The quantitative estimate of drug-likeness (QED) is 0.0204. The number of carbonyl (C=O) groups excluding carboxylic acids is 3. The Labute approximate surface area is 343 Å². The van der Waals surface area contributed by atoms with E-state index >= 15 is 0 Å². The van der Waals surface area contributed by atoms with Crippen LogP contribution in [-0.2, 0) is 28.6 Å². The van der Waals surface area contributed by atoms with Gasteiger partial charge in [0.25, 0.3) is 0 Å². The lowest BCUT2D eigenvalue weighted by atomic mass is 10.1. The molecule has 1 atom stereocenters. The Bertz CT molecular complexity index is 1170. The standard InChI is InChI=1S/C50H80O6/c1-4-7-10-13-16-19-21-22-23-24-25-26-27-29-31-34-37-40-43-49(52)55-46-47(45-54-48(51)42-39-36-33-30-18-15-12-9-6-3)56-50(53)44-41-38-35-32-28-20-17-14-11-8-5-2/h9,12,14,16-19,21-26,30,36,39,47H,4-8,10-11,13,15,20,27-29,31-35,37-38,40-46H2,1-3H3/b12-9-,17-14-,19-16-,22-21-,24-23-,26-25-,30-18-,39-36-. The van der Waals surface area contributed by atoms with Gasteiger partial charge in [0.2, 0.25) is 0 Å². The first-order chi connectivity index (χ1) is 27.5. The number of allylic oxidation sites excluding steroid dienone is 15. The Kier molecular flexibility index (Phi) is 41.2. The van der Waals surface area contributed by atoms with E-state index in [0.717, 1.165) is 96.3 Å². The lowest BCUT2D eigenvalue weighted by Gasteiger charge is -2.18. The Morgan fingerprint density at radius 1 is 0.411 bits per heavy atom. The van der Waals surface area contributed by atoms with E-state index in [-0.39, 0.29) is 31.6 Å². The van der Waals surface area contributed by atoms with Crippen LogP contribution in [-0.4, -0.2) is 37.2 Å². The van der Waals surface area contributed by atoms with Crippen LogP contribution in [0.4, 0.5) is 0 Å². The average Bonchev–Trinajstić information content (AvgIpc) is 3.19. The molecule has 0 fully saturated rings. The molecule has 0 radical (unpaired) electrons. The molecule has 0 amide bonds. The van der Waals surface area contributed by atoms with Gasteiger partial charge in [-0.1, -0.05) is 182 Å². The molecular weight excluding hydrogens is 697 g/mol. The number of hydrogen-bond donors (Lipinski definition) is 0. The number of esters is 3. The molecule has 0 aromatic rings. The van der Waals surface area contributed by atoms with Gasteiger partial charge in [0.15, 0.2) is 6.10 Å². The van der Waals surface area contributed by atoms with Crippen LogP contribution in [0.5, 0.6) is 0 Å². The molecule has 0 aliphatic carbocycles. The Hall–Kier alpha value is -3.67. The third-order valence-electron chi connectivity index (χ3n) is 8.92. The van der Waals surface area contributed by atoms with Crippen molar-refractivity contribution in [2.45, 2.75) is 187 Å². The van der Waals surface area contributed by atoms with E-state index in [2.05, 4.69) is 106 Å². The molecule has 316 valence electrons. The zero-order valence-corrected chi connectivity index (χ0v) is 35.9. The van der Waals surface area contributed by atoms with Gasteiger partial charge in [-0.15, -0.1) is 0 Å². The summed E-state index contributed by atoms with van der Waals surface area (Å²) in [4.78, 5) is 37.6. The zero-order chi connectivity index (χ0) is 40.8. The maximum absolute atomic E-state index is 12.7. The number of carbonyl (C=O) groups is 3. The van der Waals surface area contributed by atoms with E-state index in [0.29, 0.717) is 12.8 Å². The SMILES string of the molecule is CC/C=C\C/C=C\C/C=C\CC(=O)OCC(COC(=O)CCCCCCC\C=C/C=C\C=C/C=C\CCCCC)OC(=O)CCCCCCC/C=C\CCCC. The van der Waals surface area contributed by atoms with E-state index in [9.17, 15) is 14.4 Å². The molecule has 0 aromatic heterocycles. The zero-order valence-electron chi connectivity index (χ0n) is 35.9. The highest BCUT2D eigenvalue weighted by Gasteiger charge is 2.19. The molecule has 6 heteroatoms.